The predicted octanol–water partition coefficient (Wildman–Crippen LogP) is -9.39. The molecular weight excluding hydrogens is 664 g/mol. The van der Waals surface area contributed by atoms with Crippen LogP contribution >= 0.6 is 0 Å². The molecule has 14 N–H and O–H groups in total. The zero-order valence-corrected chi connectivity index (χ0v) is 25.7. The fourth-order valence-electron chi connectivity index (χ4n) is 6.11. The lowest BCUT2D eigenvalue weighted by Gasteiger charge is -2.62. The van der Waals surface area contributed by atoms with Gasteiger partial charge in [-0.15, -0.1) is 0 Å². The van der Waals surface area contributed by atoms with Crippen LogP contribution in [0.5, 0.6) is 0 Å². The number of nitrogens with zero attached hydrogens (tertiary/aromatic N) is 2. The minimum Gasteiger partial charge on any atom is -0.368 e. The summed E-state index contributed by atoms with van der Waals surface area (Å²) in [7, 11) is 2.16. The molecule has 0 radical (unpaired) electrons. The lowest BCUT2D eigenvalue weighted by molar-refractivity contribution is -0.559. The van der Waals surface area contributed by atoms with Crippen LogP contribution in [0.25, 0.3) is 0 Å². The smallest absolute Gasteiger partial charge is 0.283 e. The topological polar surface area (TPSA) is 334 Å². The Morgan fingerprint density at radius 2 is 1.53 bits per heavy atom. The highest BCUT2D eigenvalue weighted by atomic mass is 19.1. The van der Waals surface area contributed by atoms with Crippen molar-refractivity contribution in [1.29, 1.82) is 0 Å². The quantitative estimate of drug-likeness (QED) is 0.0758. The van der Waals surface area contributed by atoms with E-state index in [2.05, 4.69) is 4.74 Å². The summed E-state index contributed by atoms with van der Waals surface area (Å²) in [5.41, 5.74) is -10.5. The summed E-state index contributed by atoms with van der Waals surface area (Å²) in [5, 5.41) is 131. The molecule has 2 aromatic carbocycles. The Morgan fingerprint density at radius 1 is 0.918 bits per heavy atom. The van der Waals surface area contributed by atoms with Crippen LogP contribution in [0.15, 0.2) is 36.4 Å². The molecular formula is C25H30B3FN4O16. The van der Waals surface area contributed by atoms with Crippen molar-refractivity contribution < 1.29 is 84.8 Å². The number of hydrogen-bond donors (Lipinski definition) is 14. The third kappa shape index (κ3) is 5.16. The van der Waals surface area contributed by atoms with Crippen LogP contribution in [0.4, 0.5) is 10.1 Å². The van der Waals surface area contributed by atoms with Crippen LogP contribution < -0.4 is 10.6 Å². The molecule has 20 nitrogen and oxygen atoms in total. The van der Waals surface area contributed by atoms with Crippen molar-refractivity contribution in [3.63, 3.8) is 0 Å². The first-order valence-corrected chi connectivity index (χ1v) is 14.2. The van der Waals surface area contributed by atoms with Crippen LogP contribution in [0.3, 0.4) is 0 Å². The van der Waals surface area contributed by atoms with Crippen LogP contribution in [0, 0.1) is 5.82 Å². The van der Waals surface area contributed by atoms with Gasteiger partial charge < -0.3 is 66.6 Å². The number of fused-ring (bicyclic) bond motifs is 1. The maximum Gasteiger partial charge on any atom is 0.283 e. The zero-order chi connectivity index (χ0) is 37.1. The van der Waals surface area contributed by atoms with E-state index in [-0.39, 0.29) is 15.9 Å². The van der Waals surface area contributed by atoms with Gasteiger partial charge in [0.25, 0.3) is 41.4 Å². The maximum absolute atomic E-state index is 15.6. The monoisotopic (exact) mass is 694 g/mol. The molecule has 2 fully saturated rings. The molecule has 0 saturated carbocycles. The van der Waals surface area contributed by atoms with Gasteiger partial charge in [-0.25, -0.2) is 9.29 Å². The van der Waals surface area contributed by atoms with Crippen LogP contribution in [0.1, 0.15) is 39.9 Å². The SMILES string of the molecule is BC1(O)OC(O)(O)C(B)(B)N(C(O)(O)c2ccc(C(O)(O)Nc3cccc4c3C(O)(O)N(C3(O)CCC(=O)NC3=O)C4=O)c(F)c2)C1(O)O. The number of amides is 3. The molecule has 0 aliphatic carbocycles. The number of carbonyl (C=O) groups is 3. The van der Waals surface area contributed by atoms with Crippen molar-refractivity contribution in [2.45, 2.75) is 59.2 Å². The van der Waals surface area contributed by atoms with Gasteiger partial charge in [-0.2, -0.15) is 4.90 Å². The summed E-state index contributed by atoms with van der Waals surface area (Å²) in [5.74, 6) is -23.5. The van der Waals surface area contributed by atoms with Gasteiger partial charge in [0.2, 0.25) is 11.6 Å². The number of anilines is 1. The van der Waals surface area contributed by atoms with Crippen molar-refractivity contribution in [2.75, 3.05) is 5.32 Å². The molecule has 0 spiro atoms. The third-order valence-corrected chi connectivity index (χ3v) is 8.82. The van der Waals surface area contributed by atoms with Crippen molar-refractivity contribution in [3.8, 4) is 0 Å². The summed E-state index contributed by atoms with van der Waals surface area (Å²) in [6, 6.07) is 4.47. The number of morpholine rings is 1. The number of rotatable bonds is 6. The molecule has 3 aliphatic heterocycles. The van der Waals surface area contributed by atoms with Crippen molar-refractivity contribution >= 4 is 46.9 Å². The van der Waals surface area contributed by atoms with Crippen molar-refractivity contribution in [3.05, 3.63) is 64.5 Å². The average molecular weight is 694 g/mol. The number of imide groups is 1. The number of piperidine rings is 1. The fourth-order valence-corrected chi connectivity index (χ4v) is 6.11. The van der Waals surface area contributed by atoms with Gasteiger partial charge in [0.05, 0.1) is 16.7 Å². The number of halogens is 1. The Labute approximate surface area is 276 Å². The van der Waals surface area contributed by atoms with Crippen molar-refractivity contribution in [1.82, 2.24) is 15.1 Å². The lowest BCUT2D eigenvalue weighted by Crippen LogP contribution is -2.87. The molecule has 3 heterocycles. The molecule has 5 rings (SSSR count). The van der Waals surface area contributed by atoms with Gasteiger partial charge in [0.15, 0.2) is 13.5 Å². The molecule has 2 saturated heterocycles. The molecule has 2 atom stereocenters. The molecule has 49 heavy (non-hydrogen) atoms. The highest BCUT2D eigenvalue weighted by Crippen LogP contribution is 2.48. The number of aliphatic hydroxyl groups is 12. The Morgan fingerprint density at radius 3 is 2.10 bits per heavy atom. The van der Waals surface area contributed by atoms with Gasteiger partial charge in [-0.05, 0) is 24.3 Å². The van der Waals surface area contributed by atoms with E-state index in [0.29, 0.717) is 20.0 Å². The summed E-state index contributed by atoms with van der Waals surface area (Å²) in [6.45, 7) is 0. The Balaban J connectivity index is 1.51. The lowest BCUT2D eigenvalue weighted by atomic mass is 9.56. The zero-order valence-electron chi connectivity index (χ0n) is 25.7. The number of nitrogens with one attached hydrogen (secondary N) is 2. The number of carbonyl (C=O) groups excluding carboxylic acids is 3. The van der Waals surface area contributed by atoms with Gasteiger partial charge in [-0.3, -0.25) is 24.4 Å². The van der Waals surface area contributed by atoms with E-state index in [1.54, 1.807) is 5.32 Å². The van der Waals surface area contributed by atoms with E-state index >= 15 is 4.39 Å². The van der Waals surface area contributed by atoms with Crippen LogP contribution in [-0.2, 0) is 32.1 Å². The van der Waals surface area contributed by atoms with Crippen LogP contribution in [-0.4, -0.2) is 141 Å². The first-order chi connectivity index (χ1) is 22.1. The third-order valence-electron chi connectivity index (χ3n) is 8.82. The van der Waals surface area contributed by atoms with Gasteiger partial charge in [-0.1, -0.05) is 12.1 Å². The van der Waals surface area contributed by atoms with E-state index in [1.165, 1.54) is 0 Å². The van der Waals surface area contributed by atoms with E-state index in [9.17, 15) is 75.7 Å². The fraction of sp³-hybridized carbons (Fsp3) is 0.400. The largest absolute Gasteiger partial charge is 0.368 e. The normalized spacial score (nSPS) is 27.9. The van der Waals surface area contributed by atoms with E-state index in [1.807, 2.05) is 5.32 Å². The first-order valence-electron chi connectivity index (χ1n) is 14.2. The summed E-state index contributed by atoms with van der Waals surface area (Å²) >= 11 is 0. The molecule has 3 aliphatic rings. The molecule has 0 bridgehead atoms. The number of hydrogen-bond acceptors (Lipinski definition) is 18. The maximum atomic E-state index is 15.6. The number of benzene rings is 2. The van der Waals surface area contributed by atoms with Gasteiger partial charge in [0, 0.05) is 29.4 Å². The second-order valence-electron chi connectivity index (χ2n) is 12.5. The summed E-state index contributed by atoms with van der Waals surface area (Å²) in [4.78, 5) is 37.1. The molecule has 0 aromatic heterocycles. The molecule has 2 unspecified atom stereocenters. The minimum atomic E-state index is -3.83. The molecule has 2 aromatic rings. The molecule has 3 amide bonds. The van der Waals surface area contributed by atoms with E-state index in [0.717, 1.165) is 33.9 Å². The molecule has 262 valence electrons. The van der Waals surface area contributed by atoms with E-state index < -0.39 is 111 Å². The second kappa shape index (κ2) is 10.7. The van der Waals surface area contributed by atoms with Crippen molar-refractivity contribution in [2.24, 2.45) is 0 Å². The second-order valence-corrected chi connectivity index (χ2v) is 12.5. The highest BCUT2D eigenvalue weighted by Gasteiger charge is 2.72. The summed E-state index contributed by atoms with van der Waals surface area (Å²) < 4.78 is 20.1. The highest BCUT2D eigenvalue weighted by molar-refractivity contribution is 6.41. The van der Waals surface area contributed by atoms with Gasteiger partial charge in [0.1, 0.15) is 21.5 Å². The van der Waals surface area contributed by atoms with Gasteiger partial charge >= 0.3 is 0 Å². The Hall–Kier alpha value is -3.59. The standard InChI is InChI=1S/C25H30B3FN4O16/c26-22(27)25(47,48)49-23(28,44)24(45,46)33(22)20(40,41)9-4-5-11(12(29)8-9)19(38,39)31-13-3-1-2-10-15(13)21(42,43)32(16(10)35)18(37)7-6-14(34)30-17(18)36/h1-5,8,31,37-48H,6-7,26-28H2,(H,30,34,36). The molecule has 24 heteroatoms. The minimum absolute atomic E-state index is 0.0359. The average Bonchev–Trinajstić information content (AvgIpc) is 3.14. The number of ether oxygens (including phenoxy) is 1. The van der Waals surface area contributed by atoms with E-state index in [4.69, 9.17) is 0 Å². The predicted molar refractivity (Wildman–Crippen MR) is 159 cm³/mol. The van der Waals surface area contributed by atoms with Crippen LogP contribution in [0.2, 0.25) is 0 Å². The Kier molecular flexibility index (Phi) is 8.02. The first kappa shape index (κ1) is 36.7. The summed E-state index contributed by atoms with van der Waals surface area (Å²) in [6.07, 6.45) is -1.24. The Bertz CT molecular complexity index is 1750.